The number of halogens is 2. The van der Waals surface area contributed by atoms with E-state index in [1.807, 2.05) is 0 Å². The van der Waals surface area contributed by atoms with Gasteiger partial charge in [0.05, 0.1) is 5.69 Å². The Kier molecular flexibility index (Phi) is 3.40. The summed E-state index contributed by atoms with van der Waals surface area (Å²) in [5, 5.41) is 17.6. The number of nitrogens with zero attached hydrogens (tertiary/aromatic N) is 1. The Balaban J connectivity index is 3.07. The van der Waals surface area contributed by atoms with Crippen molar-refractivity contribution in [2.24, 2.45) is 0 Å². The summed E-state index contributed by atoms with van der Waals surface area (Å²) in [6, 6.07) is 3.10. The van der Waals surface area contributed by atoms with Gasteiger partial charge < -0.3 is 10.2 Å². The van der Waals surface area contributed by atoms with Gasteiger partial charge in [-0.15, -0.1) is 0 Å². The number of aliphatic hydroxyl groups excluding tert-OH is 1. The maximum absolute atomic E-state index is 10.4. The van der Waals surface area contributed by atoms with Gasteiger partial charge >= 0.3 is 5.97 Å². The lowest BCUT2D eigenvalue weighted by Gasteiger charge is -2.05. The molecule has 70 valence electrons. The number of hydrogen-bond acceptors (Lipinski definition) is 3. The highest BCUT2D eigenvalue weighted by molar-refractivity contribution is 9.11. The lowest BCUT2D eigenvalue weighted by Crippen LogP contribution is -2.12. The molecule has 0 saturated carbocycles. The number of aromatic nitrogens is 1. The highest BCUT2D eigenvalue weighted by atomic mass is 79.9. The molecule has 4 nitrogen and oxygen atoms in total. The molecule has 0 fully saturated rings. The van der Waals surface area contributed by atoms with Gasteiger partial charge in [0.2, 0.25) is 0 Å². The van der Waals surface area contributed by atoms with Crippen LogP contribution in [0.25, 0.3) is 0 Å². The Bertz CT molecular complexity index is 322. The molecule has 1 atom stereocenters. The lowest BCUT2D eigenvalue weighted by atomic mass is 10.2. The number of carbonyl (C=O) groups is 1. The van der Waals surface area contributed by atoms with Gasteiger partial charge in [0.15, 0.2) is 6.10 Å². The zero-order chi connectivity index (χ0) is 10.0. The SMILES string of the molecule is O=C(O)C(O)c1cc(Br)cc(Br)n1. The first-order chi connectivity index (χ1) is 6.00. The molecule has 1 unspecified atom stereocenters. The lowest BCUT2D eigenvalue weighted by molar-refractivity contribution is -0.147. The van der Waals surface area contributed by atoms with E-state index in [0.717, 1.165) is 0 Å². The van der Waals surface area contributed by atoms with Crippen molar-refractivity contribution in [3.05, 3.63) is 26.9 Å². The summed E-state index contributed by atoms with van der Waals surface area (Å²) >= 11 is 6.24. The number of aliphatic hydroxyl groups is 1. The van der Waals surface area contributed by atoms with Crippen LogP contribution in [0.15, 0.2) is 21.2 Å². The van der Waals surface area contributed by atoms with Crippen molar-refractivity contribution in [2.45, 2.75) is 6.10 Å². The van der Waals surface area contributed by atoms with Crippen LogP contribution in [-0.2, 0) is 4.79 Å². The maximum atomic E-state index is 10.4. The molecule has 0 aliphatic rings. The molecule has 0 aromatic carbocycles. The largest absolute Gasteiger partial charge is 0.479 e. The van der Waals surface area contributed by atoms with E-state index >= 15 is 0 Å². The van der Waals surface area contributed by atoms with Crippen LogP contribution >= 0.6 is 31.9 Å². The molecule has 1 aromatic rings. The van der Waals surface area contributed by atoms with Crippen molar-refractivity contribution < 1.29 is 15.0 Å². The van der Waals surface area contributed by atoms with E-state index in [4.69, 9.17) is 10.2 Å². The van der Waals surface area contributed by atoms with Gasteiger partial charge in [0.1, 0.15) is 4.60 Å². The van der Waals surface area contributed by atoms with Crippen molar-refractivity contribution in [3.63, 3.8) is 0 Å². The topological polar surface area (TPSA) is 70.4 Å². The molecule has 0 aliphatic heterocycles. The monoisotopic (exact) mass is 309 g/mol. The standard InChI is InChI=1S/C7H5Br2NO3/c8-3-1-4(6(11)7(12)13)10-5(9)2-3/h1-2,6,11H,(H,12,13). The Morgan fingerprint density at radius 2 is 2.08 bits per heavy atom. The third-order valence-electron chi connectivity index (χ3n) is 1.29. The van der Waals surface area contributed by atoms with Gasteiger partial charge in [-0.1, -0.05) is 15.9 Å². The number of carboxylic acid groups (broad SMARTS) is 1. The predicted octanol–water partition coefficient (Wildman–Crippen LogP) is 1.72. The summed E-state index contributed by atoms with van der Waals surface area (Å²) in [5.41, 5.74) is 0.0914. The zero-order valence-corrected chi connectivity index (χ0v) is 9.41. The van der Waals surface area contributed by atoms with Gasteiger partial charge in [0.25, 0.3) is 0 Å². The highest BCUT2D eigenvalue weighted by Crippen LogP contribution is 2.20. The normalized spacial score (nSPS) is 12.5. The molecule has 0 saturated heterocycles. The molecule has 0 bridgehead atoms. The van der Waals surface area contributed by atoms with Crippen LogP contribution in [0, 0.1) is 0 Å². The van der Waals surface area contributed by atoms with Gasteiger partial charge in [-0.2, -0.15) is 0 Å². The zero-order valence-electron chi connectivity index (χ0n) is 6.24. The summed E-state index contributed by atoms with van der Waals surface area (Å²) in [6.07, 6.45) is -1.59. The minimum Gasteiger partial charge on any atom is -0.479 e. The molecule has 0 amide bonds. The molecule has 2 N–H and O–H groups in total. The van der Waals surface area contributed by atoms with E-state index in [1.54, 1.807) is 6.07 Å². The Morgan fingerprint density at radius 3 is 2.54 bits per heavy atom. The molecule has 0 spiro atoms. The van der Waals surface area contributed by atoms with E-state index in [1.165, 1.54) is 6.07 Å². The Labute approximate surface area is 90.9 Å². The van der Waals surface area contributed by atoms with Gasteiger partial charge in [0, 0.05) is 4.47 Å². The summed E-state index contributed by atoms with van der Waals surface area (Å²) in [5.74, 6) is -1.32. The van der Waals surface area contributed by atoms with Crippen LogP contribution in [0.3, 0.4) is 0 Å². The van der Waals surface area contributed by atoms with Crippen LogP contribution in [0.4, 0.5) is 0 Å². The third-order valence-corrected chi connectivity index (χ3v) is 2.16. The number of pyridine rings is 1. The average molecular weight is 311 g/mol. The minimum absolute atomic E-state index is 0.0914. The minimum atomic E-state index is -1.59. The molecular weight excluding hydrogens is 306 g/mol. The van der Waals surface area contributed by atoms with E-state index in [-0.39, 0.29) is 5.69 Å². The van der Waals surface area contributed by atoms with Crippen molar-refractivity contribution in [2.75, 3.05) is 0 Å². The summed E-state index contributed by atoms with van der Waals surface area (Å²) in [4.78, 5) is 14.2. The van der Waals surface area contributed by atoms with E-state index in [9.17, 15) is 4.79 Å². The second-order valence-corrected chi connectivity index (χ2v) is 4.00. The fraction of sp³-hybridized carbons (Fsp3) is 0.143. The maximum Gasteiger partial charge on any atom is 0.338 e. The first-order valence-corrected chi connectivity index (χ1v) is 4.83. The summed E-state index contributed by atoms with van der Waals surface area (Å²) in [7, 11) is 0. The molecule has 0 aliphatic carbocycles. The number of rotatable bonds is 2. The number of carboxylic acids is 1. The molecule has 0 radical (unpaired) electrons. The molecule has 6 heteroatoms. The van der Waals surface area contributed by atoms with Crippen molar-refractivity contribution in [3.8, 4) is 0 Å². The van der Waals surface area contributed by atoms with Crippen LogP contribution in [0.2, 0.25) is 0 Å². The van der Waals surface area contributed by atoms with Gasteiger partial charge in [-0.25, -0.2) is 9.78 Å². The van der Waals surface area contributed by atoms with Crippen LogP contribution in [0.1, 0.15) is 11.8 Å². The van der Waals surface area contributed by atoms with Crippen molar-refractivity contribution in [1.82, 2.24) is 4.98 Å². The first kappa shape index (κ1) is 10.6. The molecule has 1 heterocycles. The third kappa shape index (κ3) is 2.75. The van der Waals surface area contributed by atoms with E-state index < -0.39 is 12.1 Å². The Hall–Kier alpha value is -0.460. The molecule has 1 rings (SSSR count). The van der Waals surface area contributed by atoms with Gasteiger partial charge in [-0.05, 0) is 28.1 Å². The van der Waals surface area contributed by atoms with Crippen molar-refractivity contribution in [1.29, 1.82) is 0 Å². The second kappa shape index (κ2) is 4.17. The van der Waals surface area contributed by atoms with Crippen LogP contribution in [0.5, 0.6) is 0 Å². The predicted molar refractivity (Wildman–Crippen MR) is 52.2 cm³/mol. The van der Waals surface area contributed by atoms with Crippen molar-refractivity contribution >= 4 is 37.8 Å². The summed E-state index contributed by atoms with van der Waals surface area (Å²) in [6.45, 7) is 0. The molecule has 13 heavy (non-hydrogen) atoms. The fourth-order valence-corrected chi connectivity index (χ4v) is 1.96. The quantitative estimate of drug-likeness (QED) is 0.816. The fourth-order valence-electron chi connectivity index (χ4n) is 0.751. The highest BCUT2D eigenvalue weighted by Gasteiger charge is 2.18. The first-order valence-electron chi connectivity index (χ1n) is 3.24. The Morgan fingerprint density at radius 1 is 1.46 bits per heavy atom. The second-order valence-electron chi connectivity index (χ2n) is 2.27. The molecule has 1 aromatic heterocycles. The van der Waals surface area contributed by atoms with E-state index in [2.05, 4.69) is 36.8 Å². The molecular formula is C7H5Br2NO3. The average Bonchev–Trinajstić information content (AvgIpc) is 2.01. The summed E-state index contributed by atoms with van der Waals surface area (Å²) < 4.78 is 1.13. The van der Waals surface area contributed by atoms with E-state index in [0.29, 0.717) is 9.08 Å². The van der Waals surface area contributed by atoms with Gasteiger partial charge in [-0.3, -0.25) is 0 Å². The van der Waals surface area contributed by atoms with Crippen LogP contribution < -0.4 is 0 Å². The number of hydrogen-bond donors (Lipinski definition) is 2. The van der Waals surface area contributed by atoms with Crippen LogP contribution in [-0.4, -0.2) is 21.2 Å². The smallest absolute Gasteiger partial charge is 0.338 e. The number of aliphatic carboxylic acids is 1.